The average molecular weight is 327 g/mol. The summed E-state index contributed by atoms with van der Waals surface area (Å²) in [6, 6.07) is 7.63. The molecule has 0 fully saturated rings. The number of amides is 1. The smallest absolute Gasteiger partial charge is 0.224 e. The fourth-order valence-electron chi connectivity index (χ4n) is 2.17. The van der Waals surface area contributed by atoms with Crippen molar-refractivity contribution in [1.29, 1.82) is 0 Å². The quantitative estimate of drug-likeness (QED) is 0.760. The number of anilines is 1. The highest BCUT2D eigenvalue weighted by Gasteiger charge is 2.10. The number of nitrogens with two attached hydrogens (primary N) is 1. The number of rotatable bonds is 8. The zero-order valence-electron chi connectivity index (χ0n) is 11.5. The molecule has 0 heterocycles. The predicted octanol–water partition coefficient (Wildman–Crippen LogP) is 3.93. The van der Waals surface area contributed by atoms with Gasteiger partial charge < -0.3 is 11.1 Å². The number of hydrogen-bond acceptors (Lipinski definition) is 2. The van der Waals surface area contributed by atoms with Gasteiger partial charge in [-0.3, -0.25) is 4.79 Å². The van der Waals surface area contributed by atoms with Crippen LogP contribution in [0, 0.1) is 5.92 Å². The van der Waals surface area contributed by atoms with Crippen LogP contribution in [0.2, 0.25) is 0 Å². The molecule has 0 radical (unpaired) electrons. The van der Waals surface area contributed by atoms with Crippen LogP contribution in [0.3, 0.4) is 0 Å². The van der Waals surface area contributed by atoms with Crippen molar-refractivity contribution >= 4 is 27.5 Å². The highest BCUT2D eigenvalue weighted by atomic mass is 79.9. The Morgan fingerprint density at radius 3 is 2.53 bits per heavy atom. The van der Waals surface area contributed by atoms with Gasteiger partial charge >= 0.3 is 0 Å². The molecule has 106 valence electrons. The molecule has 1 rings (SSSR count). The van der Waals surface area contributed by atoms with Crippen molar-refractivity contribution in [2.75, 3.05) is 11.9 Å². The standard InChI is InChI=1S/C15H23BrN2O/c1-2-3-12(10-11-17)4-9-15(19)18-14-7-5-13(16)6-8-14/h5-8,12H,2-4,9-11,17H2,1H3,(H,18,19). The van der Waals surface area contributed by atoms with Gasteiger partial charge in [-0.25, -0.2) is 0 Å². The normalized spacial score (nSPS) is 12.2. The molecule has 0 saturated carbocycles. The van der Waals surface area contributed by atoms with Gasteiger partial charge in [-0.05, 0) is 49.6 Å². The molecule has 19 heavy (non-hydrogen) atoms. The second kappa shape index (κ2) is 9.10. The van der Waals surface area contributed by atoms with Gasteiger partial charge in [-0.2, -0.15) is 0 Å². The van der Waals surface area contributed by atoms with E-state index in [1.165, 1.54) is 0 Å². The Bertz CT molecular complexity index is 372. The van der Waals surface area contributed by atoms with E-state index in [2.05, 4.69) is 28.2 Å². The topological polar surface area (TPSA) is 55.1 Å². The molecule has 0 aromatic heterocycles. The lowest BCUT2D eigenvalue weighted by Gasteiger charge is -2.14. The van der Waals surface area contributed by atoms with Gasteiger partial charge in [-0.15, -0.1) is 0 Å². The zero-order valence-corrected chi connectivity index (χ0v) is 13.1. The molecule has 4 heteroatoms. The SMILES string of the molecule is CCCC(CCN)CCC(=O)Nc1ccc(Br)cc1. The molecule has 0 bridgehead atoms. The predicted molar refractivity (Wildman–Crippen MR) is 84.1 cm³/mol. The first-order valence-electron chi connectivity index (χ1n) is 6.91. The van der Waals surface area contributed by atoms with Crippen LogP contribution in [0.5, 0.6) is 0 Å². The van der Waals surface area contributed by atoms with E-state index in [0.717, 1.165) is 35.8 Å². The summed E-state index contributed by atoms with van der Waals surface area (Å²) in [4.78, 5) is 11.9. The van der Waals surface area contributed by atoms with Gasteiger partial charge in [0.25, 0.3) is 0 Å². The molecule has 0 aliphatic carbocycles. The van der Waals surface area contributed by atoms with Crippen LogP contribution in [0.1, 0.15) is 39.0 Å². The lowest BCUT2D eigenvalue weighted by molar-refractivity contribution is -0.116. The van der Waals surface area contributed by atoms with Crippen LogP contribution in [-0.2, 0) is 4.79 Å². The number of halogens is 1. The number of benzene rings is 1. The second-order valence-electron chi connectivity index (χ2n) is 4.83. The molecule has 1 atom stereocenters. The lowest BCUT2D eigenvalue weighted by Crippen LogP contribution is -2.15. The Morgan fingerprint density at radius 1 is 1.26 bits per heavy atom. The lowest BCUT2D eigenvalue weighted by atomic mass is 9.94. The summed E-state index contributed by atoms with van der Waals surface area (Å²) in [6.45, 7) is 2.88. The summed E-state index contributed by atoms with van der Waals surface area (Å²) in [5.74, 6) is 0.658. The van der Waals surface area contributed by atoms with Crippen molar-refractivity contribution in [3.8, 4) is 0 Å². The third kappa shape index (κ3) is 6.73. The molecular weight excluding hydrogens is 304 g/mol. The van der Waals surface area contributed by atoms with E-state index in [1.54, 1.807) is 0 Å². The van der Waals surface area contributed by atoms with E-state index in [-0.39, 0.29) is 5.91 Å². The number of carbonyl (C=O) groups excluding carboxylic acids is 1. The van der Waals surface area contributed by atoms with Crippen molar-refractivity contribution < 1.29 is 4.79 Å². The Balaban J connectivity index is 2.35. The molecule has 3 N–H and O–H groups in total. The van der Waals surface area contributed by atoms with Crippen molar-refractivity contribution in [2.24, 2.45) is 11.7 Å². The molecule has 0 aliphatic rings. The first-order valence-corrected chi connectivity index (χ1v) is 7.70. The summed E-state index contributed by atoms with van der Waals surface area (Å²) in [5, 5.41) is 2.92. The third-order valence-corrected chi connectivity index (χ3v) is 3.71. The minimum atomic E-state index is 0.0837. The van der Waals surface area contributed by atoms with Crippen LogP contribution < -0.4 is 11.1 Å². The molecule has 1 amide bonds. The van der Waals surface area contributed by atoms with Gasteiger partial charge in [0.15, 0.2) is 0 Å². The maximum absolute atomic E-state index is 11.9. The van der Waals surface area contributed by atoms with E-state index in [4.69, 9.17) is 5.73 Å². The third-order valence-electron chi connectivity index (χ3n) is 3.18. The maximum atomic E-state index is 11.9. The molecular formula is C15H23BrN2O. The van der Waals surface area contributed by atoms with Gasteiger partial charge in [0, 0.05) is 16.6 Å². The Morgan fingerprint density at radius 2 is 1.95 bits per heavy atom. The monoisotopic (exact) mass is 326 g/mol. The van der Waals surface area contributed by atoms with E-state index >= 15 is 0 Å². The molecule has 0 saturated heterocycles. The van der Waals surface area contributed by atoms with E-state index in [9.17, 15) is 4.79 Å². The van der Waals surface area contributed by atoms with Crippen LogP contribution in [0.25, 0.3) is 0 Å². The Labute approximate surface area is 124 Å². The number of hydrogen-bond donors (Lipinski definition) is 2. The first kappa shape index (κ1) is 16.2. The van der Waals surface area contributed by atoms with Crippen molar-refractivity contribution in [3.05, 3.63) is 28.7 Å². The Kier molecular flexibility index (Phi) is 7.75. The van der Waals surface area contributed by atoms with Crippen molar-refractivity contribution in [3.63, 3.8) is 0 Å². The number of carbonyl (C=O) groups is 1. The summed E-state index contributed by atoms with van der Waals surface area (Å²) in [5.41, 5.74) is 6.45. The second-order valence-corrected chi connectivity index (χ2v) is 5.74. The molecule has 1 unspecified atom stereocenters. The van der Waals surface area contributed by atoms with Gasteiger partial charge in [0.05, 0.1) is 0 Å². The average Bonchev–Trinajstić information content (AvgIpc) is 2.39. The van der Waals surface area contributed by atoms with Gasteiger partial charge in [-0.1, -0.05) is 35.7 Å². The maximum Gasteiger partial charge on any atom is 0.224 e. The first-order chi connectivity index (χ1) is 9.15. The van der Waals surface area contributed by atoms with Crippen molar-refractivity contribution in [1.82, 2.24) is 0 Å². The highest BCUT2D eigenvalue weighted by Crippen LogP contribution is 2.18. The fraction of sp³-hybridized carbons (Fsp3) is 0.533. The largest absolute Gasteiger partial charge is 0.330 e. The van der Waals surface area contributed by atoms with Gasteiger partial charge in [0.2, 0.25) is 5.91 Å². The summed E-state index contributed by atoms with van der Waals surface area (Å²) in [7, 11) is 0. The molecule has 1 aromatic carbocycles. The van der Waals surface area contributed by atoms with E-state index in [0.29, 0.717) is 18.9 Å². The van der Waals surface area contributed by atoms with Crippen LogP contribution >= 0.6 is 15.9 Å². The fourth-order valence-corrected chi connectivity index (χ4v) is 2.43. The van der Waals surface area contributed by atoms with Gasteiger partial charge in [0.1, 0.15) is 0 Å². The van der Waals surface area contributed by atoms with Crippen LogP contribution in [0.15, 0.2) is 28.7 Å². The summed E-state index contributed by atoms with van der Waals surface area (Å²) >= 11 is 3.37. The molecule has 0 spiro atoms. The van der Waals surface area contributed by atoms with Crippen molar-refractivity contribution in [2.45, 2.75) is 39.0 Å². The zero-order chi connectivity index (χ0) is 14.1. The van der Waals surface area contributed by atoms with E-state index in [1.807, 2.05) is 24.3 Å². The number of nitrogens with one attached hydrogen (secondary N) is 1. The van der Waals surface area contributed by atoms with E-state index < -0.39 is 0 Å². The summed E-state index contributed by atoms with van der Waals surface area (Å²) in [6.07, 6.45) is 4.81. The molecule has 1 aromatic rings. The van der Waals surface area contributed by atoms with Crippen LogP contribution in [0.4, 0.5) is 5.69 Å². The molecule has 3 nitrogen and oxygen atoms in total. The minimum absolute atomic E-state index is 0.0837. The molecule has 0 aliphatic heterocycles. The highest BCUT2D eigenvalue weighted by molar-refractivity contribution is 9.10. The Hall–Kier alpha value is -0.870. The summed E-state index contributed by atoms with van der Waals surface area (Å²) < 4.78 is 1.01. The minimum Gasteiger partial charge on any atom is -0.330 e. The van der Waals surface area contributed by atoms with Crippen LogP contribution in [-0.4, -0.2) is 12.5 Å².